The third kappa shape index (κ3) is 3.00. The summed E-state index contributed by atoms with van der Waals surface area (Å²) in [6, 6.07) is 0. The molecule has 1 aromatic heterocycles. The molecule has 0 fully saturated rings. The average molecular weight is 214 g/mol. The number of rotatable bonds is 5. The van der Waals surface area contributed by atoms with Crippen molar-refractivity contribution in [1.29, 1.82) is 0 Å². The summed E-state index contributed by atoms with van der Waals surface area (Å²) in [6.45, 7) is 8.16. The minimum absolute atomic E-state index is 0.175. The zero-order chi connectivity index (χ0) is 11.4. The number of ether oxygens (including phenoxy) is 1. The molecule has 0 spiro atoms. The van der Waals surface area contributed by atoms with Gasteiger partial charge in [0.05, 0.1) is 0 Å². The lowest BCUT2D eigenvalue weighted by atomic mass is 10.1. The second kappa shape index (κ2) is 5.23. The van der Waals surface area contributed by atoms with E-state index >= 15 is 0 Å². The SMILES string of the molecule is CCOC(c1noc(C(C)O)n1)C(C)C. The topological polar surface area (TPSA) is 68.4 Å². The maximum absolute atomic E-state index is 9.25. The third-order valence-corrected chi connectivity index (χ3v) is 2.02. The molecule has 1 N–H and O–H groups in total. The molecule has 2 unspecified atom stereocenters. The minimum atomic E-state index is -0.735. The van der Waals surface area contributed by atoms with Gasteiger partial charge in [-0.05, 0) is 19.8 Å². The van der Waals surface area contributed by atoms with Crippen molar-refractivity contribution in [3.05, 3.63) is 11.7 Å². The Balaban J connectivity index is 2.81. The zero-order valence-corrected chi connectivity index (χ0v) is 9.60. The highest BCUT2D eigenvalue weighted by Crippen LogP contribution is 2.24. The van der Waals surface area contributed by atoms with Gasteiger partial charge in [-0.25, -0.2) is 0 Å². The molecule has 15 heavy (non-hydrogen) atoms. The van der Waals surface area contributed by atoms with Crippen LogP contribution in [0.3, 0.4) is 0 Å². The van der Waals surface area contributed by atoms with Crippen molar-refractivity contribution >= 4 is 0 Å². The Bertz CT molecular complexity index is 297. The van der Waals surface area contributed by atoms with Gasteiger partial charge < -0.3 is 14.4 Å². The summed E-state index contributed by atoms with van der Waals surface area (Å²) in [5.41, 5.74) is 0. The van der Waals surface area contributed by atoms with E-state index in [9.17, 15) is 5.11 Å². The van der Waals surface area contributed by atoms with Crippen molar-refractivity contribution in [3.63, 3.8) is 0 Å². The molecule has 5 heteroatoms. The van der Waals surface area contributed by atoms with Crippen LogP contribution in [-0.2, 0) is 4.74 Å². The molecular weight excluding hydrogens is 196 g/mol. The van der Waals surface area contributed by atoms with E-state index < -0.39 is 6.10 Å². The second-order valence-corrected chi connectivity index (χ2v) is 3.79. The highest BCUT2D eigenvalue weighted by Gasteiger charge is 2.23. The lowest BCUT2D eigenvalue weighted by Gasteiger charge is -2.16. The molecular formula is C10H18N2O3. The van der Waals surface area contributed by atoms with Crippen LogP contribution in [-0.4, -0.2) is 21.9 Å². The summed E-state index contributed by atoms with van der Waals surface area (Å²) in [5, 5.41) is 13.1. The molecule has 0 aromatic carbocycles. The van der Waals surface area contributed by atoms with Crippen LogP contribution in [0, 0.1) is 5.92 Å². The fourth-order valence-corrected chi connectivity index (χ4v) is 1.28. The van der Waals surface area contributed by atoms with Crippen molar-refractivity contribution in [1.82, 2.24) is 10.1 Å². The Morgan fingerprint density at radius 1 is 1.40 bits per heavy atom. The number of hydrogen-bond acceptors (Lipinski definition) is 5. The molecule has 0 saturated carbocycles. The Kier molecular flexibility index (Phi) is 4.23. The van der Waals surface area contributed by atoms with Gasteiger partial charge in [-0.2, -0.15) is 4.98 Å². The van der Waals surface area contributed by atoms with Crippen LogP contribution in [0.15, 0.2) is 4.52 Å². The maximum Gasteiger partial charge on any atom is 0.255 e. The smallest absolute Gasteiger partial charge is 0.255 e. The first kappa shape index (κ1) is 12.1. The van der Waals surface area contributed by atoms with Gasteiger partial charge in [0.25, 0.3) is 5.89 Å². The summed E-state index contributed by atoms with van der Waals surface area (Å²) in [6.07, 6.45) is -0.910. The van der Waals surface area contributed by atoms with E-state index in [0.29, 0.717) is 12.4 Å². The zero-order valence-electron chi connectivity index (χ0n) is 9.60. The Morgan fingerprint density at radius 3 is 2.47 bits per heavy atom. The van der Waals surface area contributed by atoms with Crippen LogP contribution < -0.4 is 0 Å². The van der Waals surface area contributed by atoms with Gasteiger partial charge in [0.1, 0.15) is 12.2 Å². The van der Waals surface area contributed by atoms with Crippen LogP contribution in [0.5, 0.6) is 0 Å². The number of nitrogens with zero attached hydrogens (tertiary/aromatic N) is 2. The van der Waals surface area contributed by atoms with E-state index in [2.05, 4.69) is 10.1 Å². The predicted molar refractivity (Wildman–Crippen MR) is 54.1 cm³/mol. The molecule has 5 nitrogen and oxygen atoms in total. The molecule has 0 aliphatic carbocycles. The lowest BCUT2D eigenvalue weighted by molar-refractivity contribution is 0.0217. The van der Waals surface area contributed by atoms with Crippen molar-refractivity contribution in [2.75, 3.05) is 6.61 Å². The van der Waals surface area contributed by atoms with E-state index in [1.807, 2.05) is 20.8 Å². The van der Waals surface area contributed by atoms with Gasteiger partial charge in [-0.15, -0.1) is 0 Å². The van der Waals surface area contributed by atoms with E-state index in [4.69, 9.17) is 9.26 Å². The van der Waals surface area contributed by atoms with Crippen LogP contribution >= 0.6 is 0 Å². The van der Waals surface area contributed by atoms with Crippen molar-refractivity contribution in [2.24, 2.45) is 5.92 Å². The largest absolute Gasteiger partial charge is 0.384 e. The fourth-order valence-electron chi connectivity index (χ4n) is 1.28. The summed E-state index contributed by atoms with van der Waals surface area (Å²) in [5.74, 6) is 1.00. The summed E-state index contributed by atoms with van der Waals surface area (Å²) in [7, 11) is 0. The van der Waals surface area contributed by atoms with Crippen molar-refractivity contribution < 1.29 is 14.4 Å². The van der Waals surface area contributed by atoms with Crippen LogP contribution in [0.2, 0.25) is 0 Å². The van der Waals surface area contributed by atoms with Gasteiger partial charge in [0, 0.05) is 6.61 Å². The van der Waals surface area contributed by atoms with Gasteiger partial charge in [-0.3, -0.25) is 0 Å². The Morgan fingerprint density at radius 2 is 2.07 bits per heavy atom. The van der Waals surface area contributed by atoms with Gasteiger partial charge in [0.2, 0.25) is 5.82 Å². The fraction of sp³-hybridized carbons (Fsp3) is 0.800. The standard InChI is InChI=1S/C10H18N2O3/c1-5-14-8(6(2)3)9-11-10(7(4)13)15-12-9/h6-8,13H,5H2,1-4H3. The second-order valence-electron chi connectivity index (χ2n) is 3.79. The predicted octanol–water partition coefficient (Wildman–Crippen LogP) is 1.86. The van der Waals surface area contributed by atoms with Crippen molar-refractivity contribution in [2.45, 2.75) is 39.9 Å². The van der Waals surface area contributed by atoms with E-state index in [1.165, 1.54) is 0 Å². The van der Waals surface area contributed by atoms with Gasteiger partial charge in [0.15, 0.2) is 0 Å². The number of aliphatic hydroxyl groups excluding tert-OH is 1. The Hall–Kier alpha value is -0.940. The molecule has 0 amide bonds. The van der Waals surface area contributed by atoms with E-state index in [0.717, 1.165) is 0 Å². The van der Waals surface area contributed by atoms with E-state index in [-0.39, 0.29) is 17.9 Å². The first-order valence-electron chi connectivity index (χ1n) is 5.19. The molecule has 1 rings (SSSR count). The summed E-state index contributed by atoms with van der Waals surface area (Å²) >= 11 is 0. The first-order valence-corrected chi connectivity index (χ1v) is 5.19. The molecule has 0 saturated heterocycles. The number of hydrogen-bond donors (Lipinski definition) is 1. The maximum atomic E-state index is 9.25. The molecule has 0 bridgehead atoms. The molecule has 1 heterocycles. The quantitative estimate of drug-likeness (QED) is 0.810. The molecule has 2 atom stereocenters. The monoisotopic (exact) mass is 214 g/mol. The summed E-state index contributed by atoms with van der Waals surface area (Å²) < 4.78 is 10.4. The Labute approximate surface area is 89.4 Å². The molecule has 86 valence electrons. The minimum Gasteiger partial charge on any atom is -0.384 e. The van der Waals surface area contributed by atoms with Gasteiger partial charge in [-0.1, -0.05) is 19.0 Å². The first-order chi connectivity index (χ1) is 7.06. The van der Waals surface area contributed by atoms with Crippen molar-refractivity contribution in [3.8, 4) is 0 Å². The van der Waals surface area contributed by atoms with Crippen LogP contribution in [0.4, 0.5) is 0 Å². The van der Waals surface area contributed by atoms with E-state index in [1.54, 1.807) is 6.92 Å². The number of aromatic nitrogens is 2. The van der Waals surface area contributed by atoms with Crippen LogP contribution in [0.25, 0.3) is 0 Å². The highest BCUT2D eigenvalue weighted by molar-refractivity contribution is 4.94. The third-order valence-electron chi connectivity index (χ3n) is 2.02. The molecule has 0 aliphatic heterocycles. The lowest BCUT2D eigenvalue weighted by Crippen LogP contribution is -2.12. The molecule has 0 radical (unpaired) electrons. The summed E-state index contributed by atoms with van der Waals surface area (Å²) in [4.78, 5) is 4.10. The van der Waals surface area contributed by atoms with Gasteiger partial charge >= 0.3 is 0 Å². The normalized spacial score (nSPS) is 15.6. The molecule has 0 aliphatic rings. The van der Waals surface area contributed by atoms with Crippen LogP contribution in [0.1, 0.15) is 51.6 Å². The molecule has 1 aromatic rings. The highest BCUT2D eigenvalue weighted by atomic mass is 16.5. The average Bonchev–Trinajstić information content (AvgIpc) is 2.62. The number of aliphatic hydroxyl groups is 1.